The molecule has 0 bridgehead atoms. The van der Waals surface area contributed by atoms with Crippen LogP contribution in [0.25, 0.3) is 0 Å². The summed E-state index contributed by atoms with van der Waals surface area (Å²) in [6, 6.07) is -0.544. The molecule has 1 rings (SSSR count). The number of nitrogens with two attached hydrogens (primary N) is 1. The predicted molar refractivity (Wildman–Crippen MR) is 107 cm³/mol. The molecule has 0 aromatic heterocycles. The largest absolute Gasteiger partial charge is 0.444 e. The van der Waals surface area contributed by atoms with Crippen LogP contribution in [0.3, 0.4) is 0 Å². The van der Waals surface area contributed by atoms with Gasteiger partial charge in [0.15, 0.2) is 12.4 Å². The van der Waals surface area contributed by atoms with E-state index in [1.807, 2.05) is 20.8 Å². The van der Waals surface area contributed by atoms with Crippen molar-refractivity contribution >= 4 is 17.8 Å². The van der Waals surface area contributed by atoms with E-state index in [1.165, 1.54) is 0 Å². The molecule has 1 aliphatic heterocycles. The minimum absolute atomic E-state index is 0.0553. The molecule has 9 nitrogen and oxygen atoms in total. The first kappa shape index (κ1) is 24.0. The molecule has 28 heavy (non-hydrogen) atoms. The molecule has 1 aliphatic rings. The molecule has 0 aromatic carbocycles. The Morgan fingerprint density at radius 1 is 1.36 bits per heavy atom. The summed E-state index contributed by atoms with van der Waals surface area (Å²) in [6.07, 6.45) is 0.891. The lowest BCUT2D eigenvalue weighted by Crippen LogP contribution is -2.47. The molecule has 3 N–H and O–H groups in total. The second kappa shape index (κ2) is 11.1. The fraction of sp³-hybridized carbons (Fsp3) is 0.842. The quantitative estimate of drug-likeness (QED) is 0.365. The number of nitrogens with one attached hydrogen (secondary N) is 1. The second-order valence-electron chi connectivity index (χ2n) is 8.36. The van der Waals surface area contributed by atoms with Gasteiger partial charge in [-0.25, -0.2) is 4.79 Å². The molecule has 162 valence electrons. The van der Waals surface area contributed by atoms with Crippen molar-refractivity contribution in [1.82, 2.24) is 10.2 Å². The number of ether oxygens (including phenoxy) is 2. The molecule has 0 aliphatic carbocycles. The molecular formula is C19H36N4O5. The van der Waals surface area contributed by atoms with Crippen molar-refractivity contribution in [3.63, 3.8) is 0 Å². The van der Waals surface area contributed by atoms with Crippen molar-refractivity contribution in [2.24, 2.45) is 16.8 Å². The standard InChI is InChI=1S/C19H36N4O5/c1-7-14-11-23(8-9-26-14)16(24)12-27-22-17(20)15(10-13(2)3)21-18(25)28-19(4,5)6/h13-15H,7-12H2,1-6H3,(H2,20,22)(H,21,25). The van der Waals surface area contributed by atoms with Crippen molar-refractivity contribution in [2.45, 2.75) is 72.1 Å². The maximum Gasteiger partial charge on any atom is 0.408 e. The maximum absolute atomic E-state index is 12.3. The summed E-state index contributed by atoms with van der Waals surface area (Å²) in [5.74, 6) is 0.189. The second-order valence-corrected chi connectivity index (χ2v) is 8.36. The van der Waals surface area contributed by atoms with Gasteiger partial charge in [-0.1, -0.05) is 25.9 Å². The first-order chi connectivity index (χ1) is 13.0. The molecule has 1 saturated heterocycles. The number of amides is 2. The number of hydrogen-bond acceptors (Lipinski definition) is 6. The van der Waals surface area contributed by atoms with E-state index in [4.69, 9.17) is 20.0 Å². The van der Waals surface area contributed by atoms with Crippen LogP contribution in [0.2, 0.25) is 0 Å². The van der Waals surface area contributed by atoms with Gasteiger partial charge in [0, 0.05) is 13.1 Å². The lowest BCUT2D eigenvalue weighted by atomic mass is 10.0. The molecule has 2 amide bonds. The smallest absolute Gasteiger partial charge is 0.408 e. The summed E-state index contributed by atoms with van der Waals surface area (Å²) in [7, 11) is 0. The lowest BCUT2D eigenvalue weighted by Gasteiger charge is -2.32. The van der Waals surface area contributed by atoms with Gasteiger partial charge >= 0.3 is 6.09 Å². The van der Waals surface area contributed by atoms with E-state index in [1.54, 1.807) is 25.7 Å². The molecule has 2 unspecified atom stereocenters. The Balaban J connectivity index is 2.59. The number of amidine groups is 1. The van der Waals surface area contributed by atoms with E-state index in [0.717, 1.165) is 6.42 Å². The van der Waals surface area contributed by atoms with E-state index >= 15 is 0 Å². The summed E-state index contributed by atoms with van der Waals surface area (Å²) < 4.78 is 10.8. The number of oxime groups is 1. The molecule has 0 saturated carbocycles. The normalized spacial score (nSPS) is 19.3. The van der Waals surface area contributed by atoms with Crippen molar-refractivity contribution < 1.29 is 23.9 Å². The number of morpholine rings is 1. The van der Waals surface area contributed by atoms with E-state index in [-0.39, 0.29) is 30.4 Å². The minimum Gasteiger partial charge on any atom is -0.444 e. The van der Waals surface area contributed by atoms with Crippen LogP contribution in [0.4, 0.5) is 4.79 Å². The third kappa shape index (κ3) is 9.25. The average molecular weight is 401 g/mol. The van der Waals surface area contributed by atoms with Gasteiger partial charge in [-0.2, -0.15) is 0 Å². The number of rotatable bonds is 8. The van der Waals surface area contributed by atoms with Gasteiger partial charge in [-0.15, -0.1) is 0 Å². The number of hydrogen-bond donors (Lipinski definition) is 2. The SMILES string of the molecule is CCC1CN(C(=O)CO/N=C(/N)C(CC(C)C)NC(=O)OC(C)(C)C)CCO1. The van der Waals surface area contributed by atoms with Crippen LogP contribution < -0.4 is 11.1 Å². The van der Waals surface area contributed by atoms with E-state index in [9.17, 15) is 9.59 Å². The van der Waals surface area contributed by atoms with Gasteiger partial charge in [-0.3, -0.25) is 4.79 Å². The van der Waals surface area contributed by atoms with Crippen LogP contribution in [-0.2, 0) is 19.1 Å². The van der Waals surface area contributed by atoms with Gasteiger partial charge in [0.2, 0.25) is 0 Å². The lowest BCUT2D eigenvalue weighted by molar-refractivity contribution is -0.143. The fourth-order valence-electron chi connectivity index (χ4n) is 2.68. The molecule has 1 fully saturated rings. The highest BCUT2D eigenvalue weighted by Gasteiger charge is 2.25. The van der Waals surface area contributed by atoms with Crippen LogP contribution in [0.5, 0.6) is 0 Å². The molecule has 0 spiro atoms. The molecule has 9 heteroatoms. The molecule has 0 radical (unpaired) electrons. The summed E-state index contributed by atoms with van der Waals surface area (Å²) in [5.41, 5.74) is 5.38. The van der Waals surface area contributed by atoms with Gasteiger partial charge in [-0.05, 0) is 39.5 Å². The van der Waals surface area contributed by atoms with Crippen LogP contribution in [0.1, 0.15) is 54.4 Å². The van der Waals surface area contributed by atoms with Gasteiger partial charge in [0.25, 0.3) is 5.91 Å². The fourth-order valence-corrected chi connectivity index (χ4v) is 2.68. The zero-order chi connectivity index (χ0) is 21.3. The summed E-state index contributed by atoms with van der Waals surface area (Å²) in [5, 5.41) is 6.56. The average Bonchev–Trinajstić information content (AvgIpc) is 2.59. The van der Waals surface area contributed by atoms with Crippen LogP contribution in [0, 0.1) is 5.92 Å². The monoisotopic (exact) mass is 400 g/mol. The number of nitrogens with zero attached hydrogens (tertiary/aromatic N) is 2. The Kier molecular flexibility index (Phi) is 9.51. The van der Waals surface area contributed by atoms with Crippen molar-refractivity contribution in [2.75, 3.05) is 26.3 Å². The van der Waals surface area contributed by atoms with Gasteiger partial charge in [0.05, 0.1) is 18.8 Å². The molecule has 1 heterocycles. The summed E-state index contributed by atoms with van der Waals surface area (Å²) >= 11 is 0. The maximum atomic E-state index is 12.3. The van der Waals surface area contributed by atoms with E-state index in [0.29, 0.717) is 26.1 Å². The first-order valence-corrected chi connectivity index (χ1v) is 9.86. The highest BCUT2D eigenvalue weighted by molar-refractivity contribution is 5.88. The van der Waals surface area contributed by atoms with E-state index in [2.05, 4.69) is 10.5 Å². The Bertz CT molecular complexity index is 545. The Hall–Kier alpha value is -2.03. The predicted octanol–water partition coefficient (Wildman–Crippen LogP) is 1.85. The number of carbonyl (C=O) groups excluding carboxylic acids is 2. The Labute approximate surface area is 167 Å². The minimum atomic E-state index is -0.615. The molecular weight excluding hydrogens is 364 g/mol. The Morgan fingerprint density at radius 3 is 2.61 bits per heavy atom. The first-order valence-electron chi connectivity index (χ1n) is 9.86. The van der Waals surface area contributed by atoms with Crippen LogP contribution in [-0.4, -0.2) is 66.8 Å². The summed E-state index contributed by atoms with van der Waals surface area (Å²) in [4.78, 5) is 31.2. The van der Waals surface area contributed by atoms with Crippen molar-refractivity contribution in [3.05, 3.63) is 0 Å². The van der Waals surface area contributed by atoms with E-state index < -0.39 is 17.7 Å². The zero-order valence-electron chi connectivity index (χ0n) is 18.0. The Morgan fingerprint density at radius 2 is 2.04 bits per heavy atom. The highest BCUT2D eigenvalue weighted by atomic mass is 16.6. The van der Waals surface area contributed by atoms with Crippen molar-refractivity contribution in [3.8, 4) is 0 Å². The van der Waals surface area contributed by atoms with Crippen LogP contribution in [0.15, 0.2) is 5.16 Å². The number of alkyl carbamates (subject to hydrolysis) is 1. The van der Waals surface area contributed by atoms with Crippen LogP contribution >= 0.6 is 0 Å². The molecule has 2 atom stereocenters. The highest BCUT2D eigenvalue weighted by Crippen LogP contribution is 2.10. The van der Waals surface area contributed by atoms with Crippen molar-refractivity contribution in [1.29, 1.82) is 0 Å². The topological polar surface area (TPSA) is 115 Å². The summed E-state index contributed by atoms with van der Waals surface area (Å²) in [6.45, 7) is 12.8. The third-order valence-corrected chi connectivity index (χ3v) is 4.06. The van der Waals surface area contributed by atoms with Gasteiger partial charge < -0.3 is 30.3 Å². The zero-order valence-corrected chi connectivity index (χ0v) is 18.0. The number of carbonyl (C=O) groups is 2. The third-order valence-electron chi connectivity index (χ3n) is 4.06. The molecule has 0 aromatic rings. The van der Waals surface area contributed by atoms with Gasteiger partial charge in [0.1, 0.15) is 5.60 Å².